The third kappa shape index (κ3) is 4.48. The molecule has 3 aromatic rings. The number of amides is 2. The molecule has 2 amide bonds. The maximum atomic E-state index is 13.2. The van der Waals surface area contributed by atoms with Crippen LogP contribution in [0.2, 0.25) is 0 Å². The van der Waals surface area contributed by atoms with Gasteiger partial charge in [-0.2, -0.15) is 0 Å². The van der Waals surface area contributed by atoms with Gasteiger partial charge in [-0.15, -0.1) is 10.2 Å². The molecule has 0 unspecified atom stereocenters. The van der Waals surface area contributed by atoms with Crippen LogP contribution in [0.3, 0.4) is 0 Å². The Morgan fingerprint density at radius 2 is 1.79 bits per heavy atom. The van der Waals surface area contributed by atoms with E-state index in [1.165, 1.54) is 5.56 Å². The summed E-state index contributed by atoms with van der Waals surface area (Å²) in [6.07, 6.45) is 5.03. The number of hydrogen-bond donors (Lipinski definition) is 0. The van der Waals surface area contributed by atoms with Crippen molar-refractivity contribution in [3.05, 3.63) is 54.4 Å². The van der Waals surface area contributed by atoms with Crippen molar-refractivity contribution in [2.75, 3.05) is 36.1 Å². The van der Waals surface area contributed by atoms with Gasteiger partial charge in [-0.05, 0) is 68.9 Å². The molecular formula is C25H30N6O2. The van der Waals surface area contributed by atoms with Gasteiger partial charge in [0.05, 0.1) is 0 Å². The highest BCUT2D eigenvalue weighted by atomic mass is 16.5. The van der Waals surface area contributed by atoms with Gasteiger partial charge in [-0.3, -0.25) is 9.80 Å². The van der Waals surface area contributed by atoms with E-state index in [2.05, 4.69) is 48.3 Å². The van der Waals surface area contributed by atoms with Crippen LogP contribution in [0.25, 0.3) is 11.5 Å². The minimum atomic E-state index is -0.0536. The standard InChI is InChI=1S/C25H30N6O2/c1-18(2)31-17-26-28-24(31)22-4-3-5-23(27-22)30-13-12-29(25(30)32)21-8-6-19(7-9-21)16-20-10-14-33-15-11-20/h3-9,17-18,20H,10-16H2,1-2H3. The van der Waals surface area contributed by atoms with Gasteiger partial charge in [0.25, 0.3) is 0 Å². The van der Waals surface area contributed by atoms with E-state index >= 15 is 0 Å². The molecule has 2 aliphatic rings. The van der Waals surface area contributed by atoms with E-state index < -0.39 is 0 Å². The average Bonchev–Trinajstić information content (AvgIpc) is 3.48. The molecular weight excluding hydrogens is 416 g/mol. The van der Waals surface area contributed by atoms with Crippen LogP contribution in [0.15, 0.2) is 48.8 Å². The van der Waals surface area contributed by atoms with Gasteiger partial charge >= 0.3 is 6.03 Å². The van der Waals surface area contributed by atoms with Crippen molar-refractivity contribution in [3.8, 4) is 11.5 Å². The zero-order valence-corrected chi connectivity index (χ0v) is 19.2. The lowest BCUT2D eigenvalue weighted by molar-refractivity contribution is 0.0665. The van der Waals surface area contributed by atoms with Crippen molar-refractivity contribution in [2.45, 2.75) is 39.2 Å². The number of urea groups is 1. The number of ether oxygens (including phenoxy) is 1. The van der Waals surface area contributed by atoms with Gasteiger partial charge in [0.15, 0.2) is 5.82 Å². The van der Waals surface area contributed by atoms with Crippen LogP contribution in [-0.4, -0.2) is 52.1 Å². The Balaban J connectivity index is 1.30. The van der Waals surface area contributed by atoms with Gasteiger partial charge in [0.1, 0.15) is 17.8 Å². The summed E-state index contributed by atoms with van der Waals surface area (Å²) in [5, 5.41) is 8.27. The Labute approximate surface area is 194 Å². The third-order valence-electron chi connectivity index (χ3n) is 6.49. The molecule has 8 heteroatoms. The number of anilines is 2. The largest absolute Gasteiger partial charge is 0.381 e. The van der Waals surface area contributed by atoms with E-state index in [0.717, 1.165) is 38.2 Å². The number of rotatable bonds is 6. The van der Waals surface area contributed by atoms with Gasteiger partial charge < -0.3 is 9.30 Å². The normalized spacial score (nSPS) is 17.4. The van der Waals surface area contributed by atoms with Crippen LogP contribution in [-0.2, 0) is 11.2 Å². The van der Waals surface area contributed by atoms with Crippen molar-refractivity contribution < 1.29 is 9.53 Å². The second-order valence-corrected chi connectivity index (χ2v) is 9.05. The maximum absolute atomic E-state index is 13.2. The van der Waals surface area contributed by atoms with Gasteiger partial charge in [0.2, 0.25) is 0 Å². The Morgan fingerprint density at radius 1 is 1.03 bits per heavy atom. The van der Waals surface area contributed by atoms with Gasteiger partial charge in [-0.25, -0.2) is 9.78 Å². The molecule has 5 rings (SSSR count). The molecule has 0 atom stereocenters. The van der Waals surface area contributed by atoms with E-state index in [-0.39, 0.29) is 12.1 Å². The average molecular weight is 447 g/mol. The number of nitrogens with zero attached hydrogens (tertiary/aromatic N) is 6. The fraction of sp³-hybridized carbons (Fsp3) is 0.440. The first-order valence-corrected chi connectivity index (χ1v) is 11.7. The monoisotopic (exact) mass is 446 g/mol. The Hall–Kier alpha value is -3.26. The molecule has 2 saturated heterocycles. The fourth-order valence-electron chi connectivity index (χ4n) is 4.59. The summed E-state index contributed by atoms with van der Waals surface area (Å²) in [7, 11) is 0. The molecule has 2 aromatic heterocycles. The summed E-state index contributed by atoms with van der Waals surface area (Å²) in [6, 6.07) is 14.3. The maximum Gasteiger partial charge on any atom is 0.330 e. The fourth-order valence-corrected chi connectivity index (χ4v) is 4.59. The molecule has 2 fully saturated rings. The molecule has 0 saturated carbocycles. The topological polar surface area (TPSA) is 76.4 Å². The quantitative estimate of drug-likeness (QED) is 0.563. The highest BCUT2D eigenvalue weighted by molar-refractivity contribution is 6.05. The Bertz CT molecular complexity index is 1100. The van der Waals surface area contributed by atoms with E-state index in [1.807, 2.05) is 27.7 Å². The molecule has 0 bridgehead atoms. The minimum Gasteiger partial charge on any atom is -0.381 e. The summed E-state index contributed by atoms with van der Waals surface area (Å²) in [6.45, 7) is 7.11. The molecule has 33 heavy (non-hydrogen) atoms. The predicted molar refractivity (Wildman–Crippen MR) is 127 cm³/mol. The predicted octanol–water partition coefficient (Wildman–Crippen LogP) is 4.34. The molecule has 0 aliphatic carbocycles. The zero-order valence-electron chi connectivity index (χ0n) is 19.2. The summed E-state index contributed by atoms with van der Waals surface area (Å²) in [5.74, 6) is 2.03. The van der Waals surface area contributed by atoms with Crippen LogP contribution in [0.4, 0.5) is 16.3 Å². The molecule has 2 aliphatic heterocycles. The second-order valence-electron chi connectivity index (χ2n) is 9.05. The van der Waals surface area contributed by atoms with Crippen molar-refractivity contribution in [1.29, 1.82) is 0 Å². The molecule has 0 N–H and O–H groups in total. The van der Waals surface area contributed by atoms with Crippen LogP contribution in [0.5, 0.6) is 0 Å². The number of carbonyl (C=O) groups is 1. The number of hydrogen-bond acceptors (Lipinski definition) is 5. The Kier molecular flexibility index (Phi) is 6.09. The smallest absolute Gasteiger partial charge is 0.330 e. The highest BCUT2D eigenvalue weighted by Gasteiger charge is 2.31. The van der Waals surface area contributed by atoms with Crippen molar-refractivity contribution >= 4 is 17.5 Å². The number of carbonyl (C=O) groups excluding carboxylic acids is 1. The van der Waals surface area contributed by atoms with Crippen LogP contribution < -0.4 is 9.80 Å². The second kappa shape index (κ2) is 9.31. The number of benzene rings is 1. The number of pyridine rings is 1. The van der Waals surface area contributed by atoms with E-state index in [1.54, 1.807) is 11.2 Å². The molecule has 0 spiro atoms. The first kappa shape index (κ1) is 21.6. The van der Waals surface area contributed by atoms with E-state index in [0.29, 0.717) is 36.3 Å². The summed E-state index contributed by atoms with van der Waals surface area (Å²) < 4.78 is 7.44. The van der Waals surface area contributed by atoms with Gasteiger partial charge in [-0.1, -0.05) is 18.2 Å². The van der Waals surface area contributed by atoms with Crippen molar-refractivity contribution in [1.82, 2.24) is 19.7 Å². The van der Waals surface area contributed by atoms with Crippen LogP contribution in [0.1, 0.15) is 38.3 Å². The van der Waals surface area contributed by atoms with Crippen LogP contribution >= 0.6 is 0 Å². The van der Waals surface area contributed by atoms with Crippen molar-refractivity contribution in [3.63, 3.8) is 0 Å². The van der Waals surface area contributed by atoms with Gasteiger partial charge in [0, 0.05) is 38.0 Å². The summed E-state index contributed by atoms with van der Waals surface area (Å²) >= 11 is 0. The lowest BCUT2D eigenvalue weighted by Gasteiger charge is -2.22. The first-order chi connectivity index (χ1) is 16.1. The minimum absolute atomic E-state index is 0.0536. The molecule has 1 aromatic carbocycles. The number of aromatic nitrogens is 4. The zero-order chi connectivity index (χ0) is 22.8. The Morgan fingerprint density at radius 3 is 2.55 bits per heavy atom. The highest BCUT2D eigenvalue weighted by Crippen LogP contribution is 2.28. The molecule has 0 radical (unpaired) electrons. The lowest BCUT2D eigenvalue weighted by atomic mass is 9.92. The van der Waals surface area contributed by atoms with E-state index in [4.69, 9.17) is 9.72 Å². The summed E-state index contributed by atoms with van der Waals surface area (Å²) in [5.41, 5.74) is 2.95. The van der Waals surface area contributed by atoms with Crippen LogP contribution in [0, 0.1) is 5.92 Å². The van der Waals surface area contributed by atoms with E-state index in [9.17, 15) is 4.79 Å². The SMILES string of the molecule is CC(C)n1cnnc1-c1cccc(N2CCN(c3ccc(CC4CCOCC4)cc3)C2=O)n1. The first-order valence-electron chi connectivity index (χ1n) is 11.7. The molecule has 172 valence electrons. The summed E-state index contributed by atoms with van der Waals surface area (Å²) in [4.78, 5) is 21.5. The lowest BCUT2D eigenvalue weighted by Crippen LogP contribution is -2.32. The molecule has 4 heterocycles. The third-order valence-corrected chi connectivity index (χ3v) is 6.49. The molecule has 8 nitrogen and oxygen atoms in total. The van der Waals surface area contributed by atoms with Crippen molar-refractivity contribution in [2.24, 2.45) is 5.92 Å².